The topological polar surface area (TPSA) is 80.3 Å². The van der Waals surface area contributed by atoms with Crippen molar-refractivity contribution in [1.82, 2.24) is 4.98 Å². The van der Waals surface area contributed by atoms with Crippen molar-refractivity contribution in [3.8, 4) is 0 Å². The maximum Gasteiger partial charge on any atom is 0.309 e. The molecule has 0 bridgehead atoms. The quantitative estimate of drug-likeness (QED) is 0.616. The summed E-state index contributed by atoms with van der Waals surface area (Å²) >= 11 is 0. The van der Waals surface area contributed by atoms with Gasteiger partial charge >= 0.3 is 5.97 Å². The summed E-state index contributed by atoms with van der Waals surface area (Å²) in [7, 11) is 1.35. The van der Waals surface area contributed by atoms with E-state index in [-0.39, 0.29) is 18.3 Å². The zero-order valence-electron chi connectivity index (χ0n) is 15.5. The van der Waals surface area contributed by atoms with Gasteiger partial charge in [-0.15, -0.1) is 0 Å². The number of nitrogens with zero attached hydrogens (tertiary/aromatic N) is 1. The molecule has 6 nitrogen and oxygen atoms in total. The van der Waals surface area contributed by atoms with Gasteiger partial charge in [0.15, 0.2) is 0 Å². The van der Waals surface area contributed by atoms with Crippen LogP contribution in [-0.2, 0) is 22.5 Å². The predicted molar refractivity (Wildman–Crippen MR) is 108 cm³/mol. The number of para-hydroxylation sites is 1. The molecule has 1 amide bonds. The normalized spacial score (nSPS) is 10.2. The summed E-state index contributed by atoms with van der Waals surface area (Å²) in [6, 6.07) is 18.3. The number of esters is 1. The number of hydrogen-bond acceptors (Lipinski definition) is 5. The second kappa shape index (κ2) is 9.32. The lowest BCUT2D eigenvalue weighted by atomic mass is 10.1. The zero-order valence-corrected chi connectivity index (χ0v) is 15.5. The van der Waals surface area contributed by atoms with Gasteiger partial charge in [0.2, 0.25) is 0 Å². The highest BCUT2D eigenvalue weighted by molar-refractivity contribution is 6.08. The van der Waals surface area contributed by atoms with Gasteiger partial charge in [-0.2, -0.15) is 0 Å². The smallest absolute Gasteiger partial charge is 0.309 e. The molecule has 0 unspecified atom stereocenters. The summed E-state index contributed by atoms with van der Waals surface area (Å²) in [4.78, 5) is 28.2. The van der Waals surface area contributed by atoms with Gasteiger partial charge in [-0.1, -0.05) is 24.3 Å². The lowest BCUT2D eigenvalue weighted by Crippen LogP contribution is -2.15. The summed E-state index contributed by atoms with van der Waals surface area (Å²) in [6.07, 6.45) is 3.62. The van der Waals surface area contributed by atoms with Crippen molar-refractivity contribution in [1.29, 1.82) is 0 Å². The minimum absolute atomic E-state index is 0.157. The fourth-order valence-electron chi connectivity index (χ4n) is 2.73. The van der Waals surface area contributed by atoms with Gasteiger partial charge < -0.3 is 15.4 Å². The number of rotatable bonds is 7. The van der Waals surface area contributed by atoms with E-state index in [4.69, 9.17) is 0 Å². The van der Waals surface area contributed by atoms with Crippen molar-refractivity contribution in [3.63, 3.8) is 0 Å². The van der Waals surface area contributed by atoms with Crippen LogP contribution in [0, 0.1) is 0 Å². The highest BCUT2D eigenvalue weighted by atomic mass is 16.5. The Kier molecular flexibility index (Phi) is 6.36. The second-order valence-electron chi connectivity index (χ2n) is 6.16. The van der Waals surface area contributed by atoms with Crippen molar-refractivity contribution in [2.75, 3.05) is 17.7 Å². The third-order valence-corrected chi connectivity index (χ3v) is 4.16. The summed E-state index contributed by atoms with van der Waals surface area (Å²) in [5.74, 6) is -0.554. The van der Waals surface area contributed by atoms with Crippen LogP contribution in [0.25, 0.3) is 0 Å². The molecule has 3 aromatic rings. The van der Waals surface area contributed by atoms with Crippen molar-refractivity contribution in [2.24, 2.45) is 0 Å². The Morgan fingerprint density at radius 3 is 2.54 bits per heavy atom. The minimum atomic E-state index is -0.325. The molecule has 1 heterocycles. The largest absolute Gasteiger partial charge is 0.469 e. The number of nitrogens with one attached hydrogen (secondary N) is 2. The third-order valence-electron chi connectivity index (χ3n) is 4.16. The number of hydrogen-bond donors (Lipinski definition) is 2. The van der Waals surface area contributed by atoms with Crippen LogP contribution in [-0.4, -0.2) is 24.0 Å². The highest BCUT2D eigenvalue weighted by Gasteiger charge is 2.12. The standard InChI is InChI=1S/C22H21N3O3/c1-28-21(26)14-17-5-4-6-18(13-17)25-22(27)19-7-2-3-8-20(19)24-15-16-9-11-23-12-10-16/h2-13,24H,14-15H2,1H3,(H,25,27). The van der Waals surface area contributed by atoms with E-state index in [9.17, 15) is 9.59 Å². The van der Waals surface area contributed by atoms with Gasteiger partial charge in [0.25, 0.3) is 5.91 Å². The molecule has 1 aromatic heterocycles. The molecule has 0 saturated carbocycles. The van der Waals surface area contributed by atoms with Crippen LogP contribution in [0.4, 0.5) is 11.4 Å². The van der Waals surface area contributed by atoms with E-state index >= 15 is 0 Å². The van der Waals surface area contributed by atoms with Gasteiger partial charge in [0.1, 0.15) is 0 Å². The number of amides is 1. The second-order valence-corrected chi connectivity index (χ2v) is 6.16. The van der Waals surface area contributed by atoms with Crippen LogP contribution in [0.2, 0.25) is 0 Å². The maximum absolute atomic E-state index is 12.8. The first-order chi connectivity index (χ1) is 13.7. The molecule has 0 aliphatic heterocycles. The number of benzene rings is 2. The number of ether oxygens (including phenoxy) is 1. The van der Waals surface area contributed by atoms with Crippen LogP contribution in [0.3, 0.4) is 0 Å². The van der Waals surface area contributed by atoms with E-state index in [2.05, 4.69) is 20.4 Å². The molecule has 0 aliphatic rings. The molecule has 0 spiro atoms. The van der Waals surface area contributed by atoms with Crippen LogP contribution in [0.5, 0.6) is 0 Å². The first-order valence-electron chi connectivity index (χ1n) is 8.84. The molecule has 0 radical (unpaired) electrons. The summed E-state index contributed by atoms with van der Waals surface area (Å²) in [5, 5.41) is 6.18. The highest BCUT2D eigenvalue weighted by Crippen LogP contribution is 2.19. The SMILES string of the molecule is COC(=O)Cc1cccc(NC(=O)c2ccccc2NCc2ccncc2)c1. The lowest BCUT2D eigenvalue weighted by molar-refractivity contribution is -0.139. The molecule has 142 valence electrons. The molecular weight excluding hydrogens is 354 g/mol. The van der Waals surface area contributed by atoms with Crippen LogP contribution >= 0.6 is 0 Å². The lowest BCUT2D eigenvalue weighted by Gasteiger charge is -2.13. The summed E-state index contributed by atoms with van der Waals surface area (Å²) < 4.78 is 4.69. The average Bonchev–Trinajstić information content (AvgIpc) is 2.73. The summed E-state index contributed by atoms with van der Waals surface area (Å²) in [5.41, 5.74) is 3.74. The average molecular weight is 375 g/mol. The Bertz CT molecular complexity index is 958. The first kappa shape index (κ1) is 19.1. The maximum atomic E-state index is 12.8. The number of aromatic nitrogens is 1. The molecule has 0 fully saturated rings. The van der Waals surface area contributed by atoms with E-state index < -0.39 is 0 Å². The van der Waals surface area contributed by atoms with Gasteiger partial charge in [0.05, 0.1) is 19.1 Å². The number of carbonyl (C=O) groups excluding carboxylic acids is 2. The Hall–Kier alpha value is -3.67. The van der Waals surface area contributed by atoms with Gasteiger partial charge in [-0.25, -0.2) is 0 Å². The molecule has 2 aromatic carbocycles. The Morgan fingerprint density at radius 2 is 1.75 bits per heavy atom. The fraction of sp³-hybridized carbons (Fsp3) is 0.136. The van der Waals surface area contributed by atoms with Gasteiger partial charge in [-0.05, 0) is 47.5 Å². The zero-order chi connectivity index (χ0) is 19.8. The van der Waals surface area contributed by atoms with E-state index in [0.717, 1.165) is 16.8 Å². The molecule has 6 heteroatoms. The van der Waals surface area contributed by atoms with E-state index in [0.29, 0.717) is 17.8 Å². The monoisotopic (exact) mass is 375 g/mol. The number of methoxy groups -OCH3 is 1. The summed E-state index contributed by atoms with van der Waals surface area (Å²) in [6.45, 7) is 0.585. The van der Waals surface area contributed by atoms with Crippen molar-refractivity contribution < 1.29 is 14.3 Å². The molecule has 0 atom stereocenters. The van der Waals surface area contributed by atoms with E-state index in [1.165, 1.54) is 7.11 Å². The number of carbonyl (C=O) groups is 2. The van der Waals surface area contributed by atoms with Crippen LogP contribution in [0.15, 0.2) is 73.1 Å². The fourth-order valence-corrected chi connectivity index (χ4v) is 2.73. The molecule has 2 N–H and O–H groups in total. The number of anilines is 2. The molecule has 28 heavy (non-hydrogen) atoms. The van der Waals surface area contributed by atoms with Crippen LogP contribution in [0.1, 0.15) is 21.5 Å². The van der Waals surface area contributed by atoms with Gasteiger partial charge in [-0.3, -0.25) is 14.6 Å². The molecule has 0 aliphatic carbocycles. The minimum Gasteiger partial charge on any atom is -0.469 e. The predicted octanol–water partition coefficient (Wildman–Crippen LogP) is 3.66. The Balaban J connectivity index is 1.71. The van der Waals surface area contributed by atoms with E-state index in [1.54, 1.807) is 36.7 Å². The van der Waals surface area contributed by atoms with Crippen molar-refractivity contribution >= 4 is 23.3 Å². The first-order valence-corrected chi connectivity index (χ1v) is 8.84. The third kappa shape index (κ3) is 5.17. The molecule has 0 saturated heterocycles. The van der Waals surface area contributed by atoms with Crippen molar-refractivity contribution in [2.45, 2.75) is 13.0 Å². The Morgan fingerprint density at radius 1 is 0.964 bits per heavy atom. The molecular formula is C22H21N3O3. The van der Waals surface area contributed by atoms with Crippen LogP contribution < -0.4 is 10.6 Å². The van der Waals surface area contributed by atoms with Crippen molar-refractivity contribution in [3.05, 3.63) is 89.7 Å². The van der Waals surface area contributed by atoms with Gasteiger partial charge in [0, 0.05) is 30.3 Å². The Labute approximate surface area is 163 Å². The molecule has 3 rings (SSSR count). The van der Waals surface area contributed by atoms with E-state index in [1.807, 2.05) is 36.4 Å². The number of pyridine rings is 1.